The third-order valence-corrected chi connectivity index (χ3v) is 7.38. The molecule has 1 amide bonds. The smallest absolute Gasteiger partial charge is 0.341 e. The van der Waals surface area contributed by atoms with Gasteiger partial charge < -0.3 is 10.1 Å². The minimum absolute atomic E-state index is 0.0883. The van der Waals surface area contributed by atoms with Gasteiger partial charge >= 0.3 is 5.97 Å². The maximum atomic E-state index is 12.6. The lowest BCUT2D eigenvalue weighted by Gasteiger charge is -2.12. The van der Waals surface area contributed by atoms with Gasteiger partial charge in [-0.15, -0.1) is 16.4 Å². The zero-order valence-corrected chi connectivity index (χ0v) is 20.8. The topological polar surface area (TPSA) is 121 Å². The number of fused-ring (bicyclic) bond motifs is 1. The summed E-state index contributed by atoms with van der Waals surface area (Å²) < 4.78 is 5.23. The molecule has 0 bridgehead atoms. The first kappa shape index (κ1) is 24.2. The number of benzene rings is 1. The molecule has 3 aromatic rings. The Morgan fingerprint density at radius 2 is 2.15 bits per heavy atom. The SMILES string of the molecule is CCOC(=O)c1c(NC(=O)CSc2n[nH]c(N/N=C\c3ccccc3Cl)n2)sc2c1CCCC2. The minimum Gasteiger partial charge on any atom is -0.462 e. The number of thiophene rings is 1. The highest BCUT2D eigenvalue weighted by molar-refractivity contribution is 7.99. The number of halogens is 1. The van der Waals surface area contributed by atoms with E-state index < -0.39 is 0 Å². The van der Waals surface area contributed by atoms with E-state index in [9.17, 15) is 9.59 Å². The van der Waals surface area contributed by atoms with Crippen LogP contribution in [0.5, 0.6) is 0 Å². The van der Waals surface area contributed by atoms with Gasteiger partial charge in [-0.1, -0.05) is 41.6 Å². The molecule has 0 radical (unpaired) electrons. The molecule has 0 aliphatic heterocycles. The summed E-state index contributed by atoms with van der Waals surface area (Å²) in [6.07, 6.45) is 5.44. The fraction of sp³-hybridized carbons (Fsp3) is 0.318. The van der Waals surface area contributed by atoms with Crippen LogP contribution in [0, 0.1) is 0 Å². The summed E-state index contributed by atoms with van der Waals surface area (Å²) in [4.78, 5) is 30.5. The van der Waals surface area contributed by atoms with Crippen molar-refractivity contribution in [3.8, 4) is 0 Å². The summed E-state index contributed by atoms with van der Waals surface area (Å²) in [5.74, 6) is -0.204. The van der Waals surface area contributed by atoms with Crippen LogP contribution in [0.15, 0.2) is 34.5 Å². The monoisotopic (exact) mass is 518 g/mol. The van der Waals surface area contributed by atoms with Crippen LogP contribution in [0.1, 0.15) is 46.1 Å². The Morgan fingerprint density at radius 3 is 2.97 bits per heavy atom. The van der Waals surface area contributed by atoms with Gasteiger partial charge in [-0.05, 0) is 44.2 Å². The summed E-state index contributed by atoms with van der Waals surface area (Å²) in [5.41, 5.74) is 5.02. The molecule has 0 fully saturated rings. The van der Waals surface area contributed by atoms with Gasteiger partial charge in [0.05, 0.1) is 24.1 Å². The van der Waals surface area contributed by atoms with E-state index in [-0.39, 0.29) is 24.2 Å². The van der Waals surface area contributed by atoms with Crippen LogP contribution in [0.3, 0.4) is 0 Å². The molecule has 3 N–H and O–H groups in total. The van der Waals surface area contributed by atoms with Crippen molar-refractivity contribution in [1.29, 1.82) is 0 Å². The first-order valence-corrected chi connectivity index (χ1v) is 12.9. The number of carbonyl (C=O) groups excluding carboxylic acids is 2. The standard InChI is InChI=1S/C22H23ClN6O3S2/c1-2-32-20(31)18-14-8-4-6-10-16(14)34-19(18)25-17(30)12-33-22-26-21(28-29-22)27-24-11-13-7-3-5-9-15(13)23/h3,5,7,9,11H,2,4,6,8,10,12H2,1H3,(H,25,30)(H2,26,27,28,29)/b24-11-. The first-order valence-electron chi connectivity index (χ1n) is 10.8. The molecule has 2 heterocycles. The summed E-state index contributed by atoms with van der Waals surface area (Å²) in [7, 11) is 0. The highest BCUT2D eigenvalue weighted by Crippen LogP contribution is 2.38. The van der Waals surface area contributed by atoms with Gasteiger partial charge in [0.15, 0.2) is 0 Å². The zero-order chi connectivity index (χ0) is 23.9. The second kappa shape index (κ2) is 11.5. The molecule has 0 saturated heterocycles. The van der Waals surface area contributed by atoms with Crippen molar-refractivity contribution in [3.63, 3.8) is 0 Å². The van der Waals surface area contributed by atoms with Gasteiger partial charge in [0, 0.05) is 15.5 Å². The molecule has 9 nitrogen and oxygen atoms in total. The van der Waals surface area contributed by atoms with E-state index in [0.29, 0.717) is 26.7 Å². The summed E-state index contributed by atoms with van der Waals surface area (Å²) in [5, 5.41) is 15.3. The minimum atomic E-state index is -0.383. The molecule has 4 rings (SSSR count). The van der Waals surface area contributed by atoms with E-state index in [0.717, 1.165) is 41.7 Å². The number of H-pyrrole nitrogens is 1. The van der Waals surface area contributed by atoms with Crippen molar-refractivity contribution in [2.45, 2.75) is 37.8 Å². The second-order valence-corrected chi connectivity index (χ2v) is 9.79. The van der Waals surface area contributed by atoms with E-state index >= 15 is 0 Å². The fourth-order valence-corrected chi connectivity index (χ4v) is 5.55. The number of nitrogens with zero attached hydrogens (tertiary/aromatic N) is 3. The van der Waals surface area contributed by atoms with Crippen molar-refractivity contribution >= 4 is 63.7 Å². The van der Waals surface area contributed by atoms with Gasteiger partial charge in [0.1, 0.15) is 5.00 Å². The lowest BCUT2D eigenvalue weighted by Crippen LogP contribution is -2.17. The third kappa shape index (κ3) is 5.96. The third-order valence-electron chi connectivity index (χ3n) is 4.98. The maximum absolute atomic E-state index is 12.6. The molecule has 178 valence electrons. The second-order valence-electron chi connectivity index (χ2n) is 7.33. The normalized spacial score (nSPS) is 13.0. The highest BCUT2D eigenvalue weighted by Gasteiger charge is 2.27. The Morgan fingerprint density at radius 1 is 1.32 bits per heavy atom. The number of hydrazone groups is 1. The number of anilines is 2. The largest absolute Gasteiger partial charge is 0.462 e. The van der Waals surface area contributed by atoms with Crippen LogP contribution in [0.4, 0.5) is 10.9 Å². The van der Waals surface area contributed by atoms with Crippen LogP contribution in [0.2, 0.25) is 5.02 Å². The molecule has 1 aliphatic carbocycles. The number of aromatic amines is 1. The number of thioether (sulfide) groups is 1. The van der Waals surface area contributed by atoms with Gasteiger partial charge in [0.25, 0.3) is 0 Å². The van der Waals surface area contributed by atoms with Crippen LogP contribution in [-0.2, 0) is 22.4 Å². The highest BCUT2D eigenvalue weighted by atomic mass is 35.5. The van der Waals surface area contributed by atoms with Crippen LogP contribution in [0.25, 0.3) is 0 Å². The number of esters is 1. The van der Waals surface area contributed by atoms with Crippen LogP contribution >= 0.6 is 34.7 Å². The number of aromatic nitrogens is 3. The van der Waals surface area contributed by atoms with E-state index in [1.165, 1.54) is 23.1 Å². The Labute approximate surface area is 209 Å². The molecule has 12 heteroatoms. The lowest BCUT2D eigenvalue weighted by molar-refractivity contribution is -0.113. The number of hydrogen-bond acceptors (Lipinski definition) is 9. The molecule has 1 aromatic carbocycles. The van der Waals surface area contributed by atoms with Crippen molar-refractivity contribution < 1.29 is 14.3 Å². The molecule has 0 spiro atoms. The van der Waals surface area contributed by atoms with E-state index in [1.54, 1.807) is 19.2 Å². The quantitative estimate of drug-likeness (QED) is 0.162. The Hall–Kier alpha value is -2.89. The zero-order valence-electron chi connectivity index (χ0n) is 18.4. The molecule has 0 saturated carbocycles. The predicted octanol–water partition coefficient (Wildman–Crippen LogP) is 4.75. The molecule has 0 atom stereocenters. The summed E-state index contributed by atoms with van der Waals surface area (Å²) in [6.45, 7) is 2.06. The molecule has 1 aliphatic rings. The van der Waals surface area contributed by atoms with Crippen molar-refractivity contribution in [2.75, 3.05) is 23.1 Å². The number of aryl methyl sites for hydroxylation is 1. The fourth-order valence-electron chi connectivity index (χ4n) is 3.47. The molecular weight excluding hydrogens is 496 g/mol. The van der Waals surface area contributed by atoms with Gasteiger partial charge in [-0.3, -0.25) is 4.79 Å². The van der Waals surface area contributed by atoms with Crippen molar-refractivity contribution in [1.82, 2.24) is 15.2 Å². The Balaban J connectivity index is 1.33. The Kier molecular flexibility index (Phi) is 8.20. The number of hydrogen-bond donors (Lipinski definition) is 3. The molecular formula is C22H23ClN6O3S2. The van der Waals surface area contributed by atoms with E-state index in [1.807, 2.05) is 18.2 Å². The number of carbonyl (C=O) groups is 2. The average Bonchev–Trinajstić information content (AvgIpc) is 3.43. The van der Waals surface area contributed by atoms with Crippen molar-refractivity contribution in [2.24, 2.45) is 5.10 Å². The van der Waals surface area contributed by atoms with Gasteiger partial charge in [0.2, 0.25) is 17.0 Å². The maximum Gasteiger partial charge on any atom is 0.341 e. The average molecular weight is 519 g/mol. The predicted molar refractivity (Wildman–Crippen MR) is 135 cm³/mol. The first-order chi connectivity index (χ1) is 16.5. The lowest BCUT2D eigenvalue weighted by atomic mass is 9.95. The van der Waals surface area contributed by atoms with Gasteiger partial charge in [-0.25, -0.2) is 15.3 Å². The number of ether oxygens (including phenoxy) is 1. The van der Waals surface area contributed by atoms with Gasteiger partial charge in [-0.2, -0.15) is 10.1 Å². The van der Waals surface area contributed by atoms with Crippen LogP contribution < -0.4 is 10.7 Å². The molecule has 34 heavy (non-hydrogen) atoms. The van der Waals surface area contributed by atoms with Crippen LogP contribution in [-0.4, -0.2) is 45.6 Å². The Bertz CT molecular complexity index is 1210. The number of nitrogens with one attached hydrogen (secondary N) is 3. The molecule has 0 unspecified atom stereocenters. The summed E-state index contributed by atoms with van der Waals surface area (Å²) in [6, 6.07) is 7.32. The van der Waals surface area contributed by atoms with Crippen molar-refractivity contribution in [3.05, 3.63) is 50.9 Å². The number of rotatable bonds is 9. The van der Waals surface area contributed by atoms with E-state index in [2.05, 4.69) is 31.0 Å². The molecule has 2 aromatic heterocycles. The summed E-state index contributed by atoms with van der Waals surface area (Å²) >= 11 is 8.72. The number of amides is 1. The van der Waals surface area contributed by atoms with E-state index in [4.69, 9.17) is 16.3 Å².